The Morgan fingerprint density at radius 3 is 2.59 bits per heavy atom. The molecule has 0 aliphatic carbocycles. The smallest absolute Gasteiger partial charge is 0.268 e. The molecule has 1 amide bonds. The summed E-state index contributed by atoms with van der Waals surface area (Å²) in [6.45, 7) is 2.13. The van der Waals surface area contributed by atoms with Crippen molar-refractivity contribution in [2.45, 2.75) is 23.1 Å². The Bertz CT molecular complexity index is 554. The van der Waals surface area contributed by atoms with Crippen molar-refractivity contribution in [3.8, 4) is 0 Å². The van der Waals surface area contributed by atoms with Crippen LogP contribution in [0.4, 0.5) is 0 Å². The van der Waals surface area contributed by atoms with E-state index in [1.54, 1.807) is 18.2 Å². The molecule has 1 aliphatic rings. The van der Waals surface area contributed by atoms with Crippen LogP contribution in [-0.2, 0) is 10.0 Å². The highest BCUT2D eigenvalue weighted by Gasteiger charge is 2.40. The predicted octanol–water partition coefficient (Wildman–Crippen LogP) is 2.00. The van der Waals surface area contributed by atoms with Crippen molar-refractivity contribution in [3.05, 3.63) is 29.8 Å². The molecule has 92 valence electrons. The number of alkyl halides is 1. The van der Waals surface area contributed by atoms with Gasteiger partial charge in [-0.3, -0.25) is 4.79 Å². The van der Waals surface area contributed by atoms with Gasteiger partial charge in [-0.05, 0) is 18.6 Å². The lowest BCUT2D eigenvalue weighted by atomic mass is 10.2. The Morgan fingerprint density at radius 2 is 2.00 bits per heavy atom. The number of hydrogen-bond acceptors (Lipinski definition) is 3. The summed E-state index contributed by atoms with van der Waals surface area (Å²) in [6, 6.07) is 6.32. The molecule has 1 heterocycles. The fourth-order valence-corrected chi connectivity index (χ4v) is 3.54. The van der Waals surface area contributed by atoms with Gasteiger partial charge in [0.25, 0.3) is 15.9 Å². The van der Waals surface area contributed by atoms with Crippen LogP contribution in [0, 0.1) is 0 Å². The predicted molar refractivity (Wildman–Crippen MR) is 67.7 cm³/mol. The molecule has 0 N–H and O–H groups in total. The van der Waals surface area contributed by atoms with Crippen LogP contribution < -0.4 is 0 Å². The molecule has 0 fully saturated rings. The molecule has 17 heavy (non-hydrogen) atoms. The SMILES string of the molecule is CC(Br)CCN1C(=O)c2ccccc2S1(=O)=O. The lowest BCUT2D eigenvalue weighted by molar-refractivity contribution is 0.0870. The largest absolute Gasteiger partial charge is 0.269 e. The average Bonchev–Trinajstić information content (AvgIpc) is 2.46. The number of fused-ring (bicyclic) bond motifs is 1. The fraction of sp³-hybridized carbons (Fsp3) is 0.364. The molecule has 4 nitrogen and oxygen atoms in total. The van der Waals surface area contributed by atoms with Gasteiger partial charge in [-0.2, -0.15) is 0 Å². The molecule has 0 saturated heterocycles. The van der Waals surface area contributed by atoms with Gasteiger partial charge in [-0.1, -0.05) is 35.0 Å². The number of carbonyl (C=O) groups excluding carboxylic acids is 1. The molecule has 1 unspecified atom stereocenters. The molecule has 1 aliphatic heterocycles. The van der Waals surface area contributed by atoms with E-state index in [0.717, 1.165) is 4.31 Å². The third kappa shape index (κ3) is 2.11. The summed E-state index contributed by atoms with van der Waals surface area (Å²) in [5.74, 6) is -0.422. The van der Waals surface area contributed by atoms with Gasteiger partial charge in [0.05, 0.1) is 5.56 Å². The van der Waals surface area contributed by atoms with Crippen LogP contribution >= 0.6 is 15.9 Å². The molecule has 2 rings (SSSR count). The highest BCUT2D eigenvalue weighted by Crippen LogP contribution is 2.30. The standard InChI is InChI=1S/C11H12BrNO3S/c1-8(12)6-7-13-11(14)9-4-2-3-5-10(9)17(13,15)16/h2-5,8H,6-7H2,1H3. The first-order valence-corrected chi connectivity index (χ1v) is 7.60. The van der Waals surface area contributed by atoms with Crippen molar-refractivity contribution in [2.24, 2.45) is 0 Å². The van der Waals surface area contributed by atoms with Gasteiger partial charge in [-0.15, -0.1) is 0 Å². The van der Waals surface area contributed by atoms with E-state index < -0.39 is 15.9 Å². The van der Waals surface area contributed by atoms with Crippen molar-refractivity contribution in [1.82, 2.24) is 4.31 Å². The summed E-state index contributed by atoms with van der Waals surface area (Å²) in [5.41, 5.74) is 0.273. The first-order chi connectivity index (χ1) is 7.94. The zero-order valence-electron chi connectivity index (χ0n) is 9.26. The van der Waals surface area contributed by atoms with Crippen LogP contribution in [0.3, 0.4) is 0 Å². The summed E-state index contributed by atoms with van der Waals surface area (Å²) >= 11 is 3.34. The Kier molecular flexibility index (Phi) is 3.27. The molecule has 1 atom stereocenters. The van der Waals surface area contributed by atoms with Crippen LogP contribution in [0.1, 0.15) is 23.7 Å². The van der Waals surface area contributed by atoms with E-state index in [-0.39, 0.29) is 21.8 Å². The van der Waals surface area contributed by atoms with Crippen molar-refractivity contribution in [3.63, 3.8) is 0 Å². The van der Waals surface area contributed by atoms with Crippen LogP contribution in [0.25, 0.3) is 0 Å². The Balaban J connectivity index is 2.38. The zero-order valence-corrected chi connectivity index (χ0v) is 11.7. The molecule has 1 aromatic rings. The second-order valence-electron chi connectivity index (χ2n) is 3.95. The highest BCUT2D eigenvalue weighted by molar-refractivity contribution is 9.09. The van der Waals surface area contributed by atoms with Crippen LogP contribution in [0.2, 0.25) is 0 Å². The van der Waals surface area contributed by atoms with Crippen molar-refractivity contribution in [1.29, 1.82) is 0 Å². The van der Waals surface area contributed by atoms with E-state index >= 15 is 0 Å². The summed E-state index contributed by atoms with van der Waals surface area (Å²) in [5, 5.41) is 0. The van der Waals surface area contributed by atoms with E-state index in [4.69, 9.17) is 0 Å². The second-order valence-corrected chi connectivity index (χ2v) is 7.34. The van der Waals surface area contributed by atoms with Gasteiger partial charge in [0, 0.05) is 11.4 Å². The first kappa shape index (κ1) is 12.6. The molecule has 0 bridgehead atoms. The molecule has 1 aromatic carbocycles. The summed E-state index contributed by atoms with van der Waals surface area (Å²) in [4.78, 5) is 12.2. The van der Waals surface area contributed by atoms with E-state index in [9.17, 15) is 13.2 Å². The van der Waals surface area contributed by atoms with Gasteiger partial charge >= 0.3 is 0 Å². The number of carbonyl (C=O) groups is 1. The minimum atomic E-state index is -3.63. The monoisotopic (exact) mass is 317 g/mol. The summed E-state index contributed by atoms with van der Waals surface area (Å²) in [7, 11) is -3.63. The Morgan fingerprint density at radius 1 is 1.35 bits per heavy atom. The zero-order chi connectivity index (χ0) is 12.6. The quantitative estimate of drug-likeness (QED) is 0.801. The molecule has 0 spiro atoms. The minimum Gasteiger partial charge on any atom is -0.268 e. The maximum Gasteiger partial charge on any atom is 0.269 e. The Labute approximate surface area is 109 Å². The fourth-order valence-electron chi connectivity index (χ4n) is 1.75. The van der Waals surface area contributed by atoms with E-state index in [1.165, 1.54) is 6.07 Å². The minimum absolute atomic E-state index is 0.118. The lowest BCUT2D eigenvalue weighted by Gasteiger charge is -2.15. The number of nitrogens with zero attached hydrogens (tertiary/aromatic N) is 1. The van der Waals surface area contributed by atoms with Gasteiger partial charge in [-0.25, -0.2) is 12.7 Å². The van der Waals surface area contributed by atoms with Crippen LogP contribution in [0.5, 0.6) is 0 Å². The molecular weight excluding hydrogens is 306 g/mol. The number of amides is 1. The van der Waals surface area contributed by atoms with Gasteiger partial charge in [0.2, 0.25) is 0 Å². The van der Waals surface area contributed by atoms with E-state index in [2.05, 4.69) is 15.9 Å². The molecule has 0 radical (unpaired) electrons. The van der Waals surface area contributed by atoms with Crippen LogP contribution in [-0.4, -0.2) is 30.0 Å². The Hall–Kier alpha value is -0.880. The topological polar surface area (TPSA) is 54.5 Å². The normalized spacial score (nSPS) is 19.2. The lowest BCUT2D eigenvalue weighted by Crippen LogP contribution is -2.31. The highest BCUT2D eigenvalue weighted by atomic mass is 79.9. The number of rotatable bonds is 3. The van der Waals surface area contributed by atoms with Crippen molar-refractivity contribution >= 4 is 31.9 Å². The summed E-state index contributed by atoms with van der Waals surface area (Å²) < 4.78 is 25.1. The maximum atomic E-state index is 12.1. The molecule has 6 heteroatoms. The van der Waals surface area contributed by atoms with Crippen LogP contribution in [0.15, 0.2) is 29.2 Å². The molecule has 0 saturated carbocycles. The number of sulfonamides is 1. The van der Waals surface area contributed by atoms with Gasteiger partial charge in [0.15, 0.2) is 0 Å². The first-order valence-electron chi connectivity index (χ1n) is 5.25. The molecular formula is C11H12BrNO3S. The number of benzene rings is 1. The number of halogens is 1. The molecule has 0 aromatic heterocycles. The van der Waals surface area contributed by atoms with E-state index in [1.807, 2.05) is 6.92 Å². The van der Waals surface area contributed by atoms with Gasteiger partial charge in [0.1, 0.15) is 4.90 Å². The van der Waals surface area contributed by atoms with Gasteiger partial charge < -0.3 is 0 Å². The van der Waals surface area contributed by atoms with Crippen molar-refractivity contribution in [2.75, 3.05) is 6.54 Å². The third-order valence-corrected chi connectivity index (χ3v) is 4.94. The average molecular weight is 318 g/mol. The second kappa shape index (κ2) is 4.42. The van der Waals surface area contributed by atoms with Crippen molar-refractivity contribution < 1.29 is 13.2 Å². The maximum absolute atomic E-state index is 12.1. The summed E-state index contributed by atoms with van der Waals surface area (Å²) in [6.07, 6.45) is 0.596. The van der Waals surface area contributed by atoms with E-state index in [0.29, 0.717) is 6.42 Å². The third-order valence-electron chi connectivity index (χ3n) is 2.64. The number of hydrogen-bond donors (Lipinski definition) is 0.